The van der Waals surface area contributed by atoms with Gasteiger partial charge in [-0.2, -0.15) is 0 Å². The standard InChI is InChI=1S/C17H20N2O3/c1-11-14(10-19-7-3-4-8-19)16(20)13-9-12(17(21)22-2)5-6-15(13)18-11/h5-6,9H,3-4,7-8,10H2,1-2H3,(H,18,20)/p+1. The van der Waals surface area contributed by atoms with Crippen LogP contribution in [0.25, 0.3) is 10.9 Å². The normalized spacial score (nSPS) is 15.4. The van der Waals surface area contributed by atoms with E-state index in [1.807, 2.05) is 6.92 Å². The molecule has 1 saturated heterocycles. The van der Waals surface area contributed by atoms with Crippen LogP contribution in [0.1, 0.15) is 34.5 Å². The Morgan fingerprint density at radius 3 is 2.73 bits per heavy atom. The fourth-order valence-electron chi connectivity index (χ4n) is 3.21. The Bertz CT molecular complexity index is 773. The van der Waals surface area contributed by atoms with Crippen molar-refractivity contribution in [3.8, 4) is 0 Å². The lowest BCUT2D eigenvalue weighted by Crippen LogP contribution is -3.08. The van der Waals surface area contributed by atoms with Crippen LogP contribution >= 0.6 is 0 Å². The second kappa shape index (κ2) is 5.93. The van der Waals surface area contributed by atoms with E-state index in [4.69, 9.17) is 4.74 Å². The molecule has 0 unspecified atom stereocenters. The number of fused-ring (bicyclic) bond motifs is 1. The lowest BCUT2D eigenvalue weighted by molar-refractivity contribution is -0.901. The van der Waals surface area contributed by atoms with Gasteiger partial charge in [0.15, 0.2) is 5.43 Å². The molecule has 0 aliphatic carbocycles. The van der Waals surface area contributed by atoms with Crippen LogP contribution in [0, 0.1) is 6.92 Å². The van der Waals surface area contributed by atoms with E-state index in [-0.39, 0.29) is 5.43 Å². The quantitative estimate of drug-likeness (QED) is 0.824. The fraction of sp³-hybridized carbons (Fsp3) is 0.412. The zero-order valence-corrected chi connectivity index (χ0v) is 13.0. The van der Waals surface area contributed by atoms with Gasteiger partial charge in [0.1, 0.15) is 6.54 Å². The molecule has 2 N–H and O–H groups in total. The molecular formula is C17H21N2O3+. The highest BCUT2D eigenvalue weighted by molar-refractivity contribution is 5.94. The van der Waals surface area contributed by atoms with E-state index in [0.29, 0.717) is 10.9 Å². The third-order valence-electron chi connectivity index (χ3n) is 4.47. The van der Waals surface area contributed by atoms with Crippen molar-refractivity contribution in [3.05, 3.63) is 45.2 Å². The Labute approximate surface area is 128 Å². The third kappa shape index (κ3) is 2.64. The molecule has 1 aromatic heterocycles. The summed E-state index contributed by atoms with van der Waals surface area (Å²) in [6, 6.07) is 5.07. The first-order valence-electron chi connectivity index (χ1n) is 7.67. The predicted octanol–water partition coefficient (Wildman–Crippen LogP) is 0.802. The Balaban J connectivity index is 2.08. The first kappa shape index (κ1) is 14.8. The van der Waals surface area contributed by atoms with Gasteiger partial charge in [0, 0.05) is 29.4 Å². The van der Waals surface area contributed by atoms with E-state index in [0.717, 1.165) is 36.4 Å². The molecule has 0 atom stereocenters. The molecule has 3 rings (SSSR count). The third-order valence-corrected chi connectivity index (χ3v) is 4.47. The van der Waals surface area contributed by atoms with Gasteiger partial charge in [0.2, 0.25) is 0 Å². The Morgan fingerprint density at radius 2 is 2.05 bits per heavy atom. The number of benzene rings is 1. The second-order valence-corrected chi connectivity index (χ2v) is 5.94. The number of carbonyl (C=O) groups is 1. The fourth-order valence-corrected chi connectivity index (χ4v) is 3.21. The number of ether oxygens (including phenoxy) is 1. The number of esters is 1. The predicted molar refractivity (Wildman–Crippen MR) is 84.3 cm³/mol. The van der Waals surface area contributed by atoms with Gasteiger partial charge in [-0.15, -0.1) is 0 Å². The maximum atomic E-state index is 12.8. The summed E-state index contributed by atoms with van der Waals surface area (Å²) in [5.41, 5.74) is 2.93. The molecule has 1 aromatic carbocycles. The van der Waals surface area contributed by atoms with Crippen LogP contribution < -0.4 is 10.3 Å². The molecule has 0 saturated carbocycles. The topological polar surface area (TPSA) is 63.6 Å². The lowest BCUT2D eigenvalue weighted by atomic mass is 10.1. The summed E-state index contributed by atoms with van der Waals surface area (Å²) in [4.78, 5) is 29.2. The molecule has 0 spiro atoms. The zero-order valence-electron chi connectivity index (χ0n) is 13.0. The average Bonchev–Trinajstić information content (AvgIpc) is 3.03. The molecular weight excluding hydrogens is 280 g/mol. The summed E-state index contributed by atoms with van der Waals surface area (Å²) in [5.74, 6) is -0.423. The number of aromatic nitrogens is 1. The van der Waals surface area contributed by atoms with Crippen molar-refractivity contribution in [2.75, 3.05) is 20.2 Å². The monoisotopic (exact) mass is 301 g/mol. The Hall–Kier alpha value is -2.14. The number of pyridine rings is 1. The van der Waals surface area contributed by atoms with Crippen LogP contribution in [-0.4, -0.2) is 31.2 Å². The Kier molecular flexibility index (Phi) is 3.98. The van der Waals surface area contributed by atoms with E-state index in [9.17, 15) is 9.59 Å². The van der Waals surface area contributed by atoms with Gasteiger partial charge in [-0.05, 0) is 25.1 Å². The average molecular weight is 301 g/mol. The number of likely N-dealkylation sites (tertiary alicyclic amines) is 1. The van der Waals surface area contributed by atoms with Crippen molar-refractivity contribution in [1.82, 2.24) is 4.98 Å². The minimum absolute atomic E-state index is 0.0244. The molecule has 0 bridgehead atoms. The van der Waals surface area contributed by atoms with E-state index in [2.05, 4.69) is 4.98 Å². The molecule has 1 aliphatic heterocycles. The number of rotatable bonds is 3. The number of aromatic amines is 1. The van der Waals surface area contributed by atoms with Gasteiger partial charge in [0.05, 0.1) is 31.3 Å². The smallest absolute Gasteiger partial charge is 0.337 e. The Morgan fingerprint density at radius 1 is 1.32 bits per heavy atom. The molecule has 1 fully saturated rings. The SMILES string of the molecule is COC(=O)c1ccc2[nH]c(C)c(C[NH+]3CCCC3)c(=O)c2c1. The van der Waals surface area contributed by atoms with Gasteiger partial charge in [-0.1, -0.05) is 0 Å². The number of H-pyrrole nitrogens is 1. The van der Waals surface area contributed by atoms with Crippen LogP contribution in [0.15, 0.2) is 23.0 Å². The van der Waals surface area contributed by atoms with E-state index in [1.54, 1.807) is 18.2 Å². The first-order valence-corrected chi connectivity index (χ1v) is 7.67. The summed E-state index contributed by atoms with van der Waals surface area (Å²) in [5, 5.41) is 0.557. The van der Waals surface area contributed by atoms with Crippen LogP contribution in [0.3, 0.4) is 0 Å². The van der Waals surface area contributed by atoms with E-state index in [1.165, 1.54) is 24.9 Å². The van der Waals surface area contributed by atoms with Crippen molar-refractivity contribution in [2.24, 2.45) is 0 Å². The summed E-state index contributed by atoms with van der Waals surface area (Å²) in [6.07, 6.45) is 2.46. The summed E-state index contributed by atoms with van der Waals surface area (Å²) in [6.45, 7) is 4.94. The van der Waals surface area contributed by atoms with Crippen molar-refractivity contribution >= 4 is 16.9 Å². The molecule has 5 heteroatoms. The van der Waals surface area contributed by atoms with Gasteiger partial charge in [-0.25, -0.2) is 4.79 Å². The molecule has 1 aliphatic rings. The highest BCUT2D eigenvalue weighted by Gasteiger charge is 2.20. The summed E-state index contributed by atoms with van der Waals surface area (Å²) >= 11 is 0. The largest absolute Gasteiger partial charge is 0.465 e. The van der Waals surface area contributed by atoms with Crippen LogP contribution in [-0.2, 0) is 11.3 Å². The number of methoxy groups -OCH3 is 1. The minimum Gasteiger partial charge on any atom is -0.465 e. The maximum Gasteiger partial charge on any atom is 0.337 e. The highest BCUT2D eigenvalue weighted by Crippen LogP contribution is 2.14. The van der Waals surface area contributed by atoms with Gasteiger partial charge >= 0.3 is 5.97 Å². The van der Waals surface area contributed by atoms with Crippen LogP contribution in [0.4, 0.5) is 0 Å². The molecule has 22 heavy (non-hydrogen) atoms. The molecule has 5 nitrogen and oxygen atoms in total. The van der Waals surface area contributed by atoms with Crippen LogP contribution in [0.5, 0.6) is 0 Å². The van der Waals surface area contributed by atoms with Crippen molar-refractivity contribution in [1.29, 1.82) is 0 Å². The summed E-state index contributed by atoms with van der Waals surface area (Å²) < 4.78 is 4.73. The molecule has 116 valence electrons. The minimum atomic E-state index is -0.423. The van der Waals surface area contributed by atoms with Crippen molar-refractivity contribution in [3.63, 3.8) is 0 Å². The van der Waals surface area contributed by atoms with Crippen molar-refractivity contribution in [2.45, 2.75) is 26.3 Å². The number of carbonyl (C=O) groups excluding carboxylic acids is 1. The van der Waals surface area contributed by atoms with Crippen LogP contribution in [0.2, 0.25) is 0 Å². The highest BCUT2D eigenvalue weighted by atomic mass is 16.5. The van der Waals surface area contributed by atoms with Gasteiger partial charge in [0.25, 0.3) is 0 Å². The number of hydrogen-bond acceptors (Lipinski definition) is 3. The summed E-state index contributed by atoms with van der Waals surface area (Å²) in [7, 11) is 1.34. The maximum absolute atomic E-state index is 12.8. The van der Waals surface area contributed by atoms with Crippen molar-refractivity contribution < 1.29 is 14.4 Å². The zero-order chi connectivity index (χ0) is 15.7. The first-order chi connectivity index (χ1) is 10.6. The van der Waals surface area contributed by atoms with Gasteiger partial charge in [-0.3, -0.25) is 4.79 Å². The second-order valence-electron chi connectivity index (χ2n) is 5.94. The number of nitrogens with one attached hydrogen (secondary N) is 2. The van der Waals surface area contributed by atoms with Gasteiger partial charge < -0.3 is 14.6 Å². The lowest BCUT2D eigenvalue weighted by Gasteiger charge is -2.14. The number of quaternary nitrogens is 1. The molecule has 0 radical (unpaired) electrons. The number of hydrogen-bond donors (Lipinski definition) is 2. The molecule has 0 amide bonds. The van der Waals surface area contributed by atoms with E-state index >= 15 is 0 Å². The molecule has 2 heterocycles. The van der Waals surface area contributed by atoms with E-state index < -0.39 is 5.97 Å². The molecule has 2 aromatic rings. The number of aryl methyl sites for hydroxylation is 1.